The molecule has 0 aliphatic carbocycles. The SMILES string of the molecule is CCC(C)c1cnc(CCNC(C)(C)C)o1. The van der Waals surface area contributed by atoms with Gasteiger partial charge in [-0.2, -0.15) is 0 Å². The Morgan fingerprint density at radius 3 is 2.69 bits per heavy atom. The second-order valence-corrected chi connectivity index (χ2v) is 5.39. The number of hydrogen-bond acceptors (Lipinski definition) is 3. The van der Waals surface area contributed by atoms with Crippen LogP contribution in [0.3, 0.4) is 0 Å². The van der Waals surface area contributed by atoms with Crippen LogP contribution in [0.1, 0.15) is 58.6 Å². The summed E-state index contributed by atoms with van der Waals surface area (Å²) in [4.78, 5) is 4.30. The maximum atomic E-state index is 5.70. The van der Waals surface area contributed by atoms with Gasteiger partial charge in [0, 0.05) is 24.4 Å². The second kappa shape index (κ2) is 5.48. The van der Waals surface area contributed by atoms with E-state index in [9.17, 15) is 0 Å². The summed E-state index contributed by atoms with van der Waals surface area (Å²) in [5.74, 6) is 2.32. The lowest BCUT2D eigenvalue weighted by molar-refractivity contribution is 0.393. The van der Waals surface area contributed by atoms with Crippen molar-refractivity contribution in [2.45, 2.75) is 58.9 Å². The van der Waals surface area contributed by atoms with Crippen LogP contribution in [-0.4, -0.2) is 17.1 Å². The van der Waals surface area contributed by atoms with E-state index >= 15 is 0 Å². The highest BCUT2D eigenvalue weighted by atomic mass is 16.4. The summed E-state index contributed by atoms with van der Waals surface area (Å²) in [5.41, 5.74) is 0.159. The van der Waals surface area contributed by atoms with Gasteiger partial charge in [-0.3, -0.25) is 0 Å². The Balaban J connectivity index is 2.41. The van der Waals surface area contributed by atoms with Crippen molar-refractivity contribution in [1.82, 2.24) is 10.3 Å². The first-order valence-corrected chi connectivity index (χ1v) is 6.12. The molecule has 0 spiro atoms. The van der Waals surface area contributed by atoms with Crippen molar-refractivity contribution in [2.75, 3.05) is 6.54 Å². The highest BCUT2D eigenvalue weighted by molar-refractivity contribution is 5.00. The zero-order valence-electron chi connectivity index (χ0n) is 11.1. The van der Waals surface area contributed by atoms with Gasteiger partial charge in [-0.05, 0) is 27.2 Å². The van der Waals surface area contributed by atoms with E-state index in [0.29, 0.717) is 5.92 Å². The molecule has 1 aromatic rings. The number of rotatable bonds is 5. The molecule has 0 aliphatic heterocycles. The summed E-state index contributed by atoms with van der Waals surface area (Å²) in [6.07, 6.45) is 3.81. The zero-order valence-corrected chi connectivity index (χ0v) is 11.1. The lowest BCUT2D eigenvalue weighted by atomic mass is 10.1. The molecule has 3 nitrogen and oxygen atoms in total. The molecular formula is C13H24N2O. The van der Waals surface area contributed by atoms with Gasteiger partial charge >= 0.3 is 0 Å². The van der Waals surface area contributed by atoms with Crippen LogP contribution in [0.5, 0.6) is 0 Å². The predicted octanol–water partition coefficient (Wildman–Crippen LogP) is 3.12. The van der Waals surface area contributed by atoms with Gasteiger partial charge in [-0.25, -0.2) is 4.98 Å². The number of nitrogens with one attached hydrogen (secondary N) is 1. The minimum absolute atomic E-state index is 0.159. The molecule has 0 saturated heterocycles. The van der Waals surface area contributed by atoms with Gasteiger partial charge in [0.15, 0.2) is 5.89 Å². The van der Waals surface area contributed by atoms with Crippen LogP contribution < -0.4 is 5.32 Å². The fraction of sp³-hybridized carbons (Fsp3) is 0.769. The molecule has 0 fully saturated rings. The molecule has 3 heteroatoms. The Morgan fingerprint density at radius 1 is 1.44 bits per heavy atom. The van der Waals surface area contributed by atoms with Crippen molar-refractivity contribution in [2.24, 2.45) is 0 Å². The number of aromatic nitrogens is 1. The van der Waals surface area contributed by atoms with E-state index < -0.39 is 0 Å². The summed E-state index contributed by atoms with van der Waals surface area (Å²) in [6, 6.07) is 0. The van der Waals surface area contributed by atoms with Crippen molar-refractivity contribution in [3.05, 3.63) is 17.8 Å². The molecule has 92 valence electrons. The number of oxazole rings is 1. The largest absolute Gasteiger partial charge is 0.445 e. The molecule has 1 rings (SSSR count). The first-order chi connectivity index (χ1) is 7.42. The molecule has 0 aromatic carbocycles. The van der Waals surface area contributed by atoms with Gasteiger partial charge in [0.25, 0.3) is 0 Å². The fourth-order valence-corrected chi connectivity index (χ4v) is 1.41. The molecule has 1 N–H and O–H groups in total. The zero-order chi connectivity index (χ0) is 12.2. The van der Waals surface area contributed by atoms with Crippen molar-refractivity contribution in [1.29, 1.82) is 0 Å². The van der Waals surface area contributed by atoms with Crippen LogP contribution in [0.2, 0.25) is 0 Å². The summed E-state index contributed by atoms with van der Waals surface area (Å²) < 4.78 is 5.70. The molecule has 16 heavy (non-hydrogen) atoms. The van der Waals surface area contributed by atoms with Crippen LogP contribution in [-0.2, 0) is 6.42 Å². The first kappa shape index (κ1) is 13.2. The Hall–Kier alpha value is -0.830. The summed E-state index contributed by atoms with van der Waals surface area (Å²) in [6.45, 7) is 11.7. The molecule has 0 bridgehead atoms. The van der Waals surface area contributed by atoms with E-state index in [1.165, 1.54) is 0 Å². The molecule has 0 amide bonds. The minimum atomic E-state index is 0.159. The van der Waals surface area contributed by atoms with E-state index in [0.717, 1.165) is 31.0 Å². The van der Waals surface area contributed by atoms with Crippen LogP contribution in [0.4, 0.5) is 0 Å². The van der Waals surface area contributed by atoms with Crippen LogP contribution in [0, 0.1) is 0 Å². The van der Waals surface area contributed by atoms with Crippen molar-refractivity contribution in [3.63, 3.8) is 0 Å². The Bertz CT molecular complexity index is 312. The van der Waals surface area contributed by atoms with Gasteiger partial charge in [-0.1, -0.05) is 13.8 Å². The van der Waals surface area contributed by atoms with Crippen LogP contribution >= 0.6 is 0 Å². The third-order valence-corrected chi connectivity index (χ3v) is 2.66. The Kier molecular flexibility index (Phi) is 4.54. The van der Waals surface area contributed by atoms with Crippen LogP contribution in [0.25, 0.3) is 0 Å². The standard InChI is InChI=1S/C13H24N2O/c1-6-10(2)11-9-14-12(16-11)7-8-15-13(3,4)5/h9-10,15H,6-8H2,1-5H3. The van der Waals surface area contributed by atoms with Gasteiger partial charge < -0.3 is 9.73 Å². The molecule has 0 saturated carbocycles. The molecular weight excluding hydrogens is 200 g/mol. The predicted molar refractivity (Wildman–Crippen MR) is 66.7 cm³/mol. The van der Waals surface area contributed by atoms with E-state index in [4.69, 9.17) is 4.42 Å². The average molecular weight is 224 g/mol. The van der Waals surface area contributed by atoms with Gasteiger partial charge in [0.1, 0.15) is 5.76 Å². The van der Waals surface area contributed by atoms with Crippen molar-refractivity contribution >= 4 is 0 Å². The maximum Gasteiger partial charge on any atom is 0.195 e. The monoisotopic (exact) mass is 224 g/mol. The third-order valence-electron chi connectivity index (χ3n) is 2.66. The lowest BCUT2D eigenvalue weighted by Crippen LogP contribution is -2.37. The summed E-state index contributed by atoms with van der Waals surface area (Å²) in [5, 5.41) is 3.42. The third kappa shape index (κ3) is 4.35. The second-order valence-electron chi connectivity index (χ2n) is 5.39. The molecule has 1 atom stereocenters. The fourth-order valence-electron chi connectivity index (χ4n) is 1.41. The van der Waals surface area contributed by atoms with Crippen LogP contribution in [0.15, 0.2) is 10.6 Å². The molecule has 1 unspecified atom stereocenters. The number of nitrogens with zero attached hydrogens (tertiary/aromatic N) is 1. The average Bonchev–Trinajstić information content (AvgIpc) is 2.63. The van der Waals surface area contributed by atoms with E-state index in [2.05, 4.69) is 44.9 Å². The maximum absolute atomic E-state index is 5.70. The van der Waals surface area contributed by atoms with Gasteiger partial charge in [-0.15, -0.1) is 0 Å². The Morgan fingerprint density at radius 2 is 2.12 bits per heavy atom. The molecule has 0 aliphatic rings. The topological polar surface area (TPSA) is 38.1 Å². The highest BCUT2D eigenvalue weighted by Crippen LogP contribution is 2.19. The molecule has 1 aromatic heterocycles. The normalized spacial score (nSPS) is 14.1. The van der Waals surface area contributed by atoms with Gasteiger partial charge in [0.05, 0.1) is 6.20 Å². The van der Waals surface area contributed by atoms with Crippen molar-refractivity contribution < 1.29 is 4.42 Å². The Labute approximate surface area is 98.6 Å². The summed E-state index contributed by atoms with van der Waals surface area (Å²) in [7, 11) is 0. The molecule has 1 heterocycles. The first-order valence-electron chi connectivity index (χ1n) is 6.12. The van der Waals surface area contributed by atoms with Crippen molar-refractivity contribution in [3.8, 4) is 0 Å². The van der Waals surface area contributed by atoms with E-state index in [1.807, 2.05) is 6.20 Å². The highest BCUT2D eigenvalue weighted by Gasteiger charge is 2.11. The minimum Gasteiger partial charge on any atom is -0.445 e. The van der Waals surface area contributed by atoms with E-state index in [1.54, 1.807) is 0 Å². The van der Waals surface area contributed by atoms with E-state index in [-0.39, 0.29) is 5.54 Å². The van der Waals surface area contributed by atoms with Gasteiger partial charge in [0.2, 0.25) is 0 Å². The summed E-state index contributed by atoms with van der Waals surface area (Å²) >= 11 is 0. The number of hydrogen-bond donors (Lipinski definition) is 1. The smallest absolute Gasteiger partial charge is 0.195 e. The quantitative estimate of drug-likeness (QED) is 0.835. The molecule has 0 radical (unpaired) electrons. The lowest BCUT2D eigenvalue weighted by Gasteiger charge is -2.19.